The number of hydrogen-bond acceptors (Lipinski definition) is 3. The number of carbonyl (C=O) groups excluding carboxylic acids is 2. The number of nitrogens with one attached hydrogen (secondary N) is 2. The molecule has 6 heteroatoms. The minimum absolute atomic E-state index is 0.0714. The standard InChI is InChI=1S/C21H32ClN3O2/c1-3-12-25(13-4-2)15-20(26)23-17-10-11-19(22)18(14-17)21(27)24-16-8-6-5-7-9-16/h10-11,14,16H,3-9,12-13,15H2,1-2H3,(H,23,26)(H,24,27). The van der Waals surface area contributed by atoms with Crippen LogP contribution in [0.3, 0.4) is 0 Å². The van der Waals surface area contributed by atoms with Crippen molar-refractivity contribution in [2.24, 2.45) is 0 Å². The molecule has 5 nitrogen and oxygen atoms in total. The molecular formula is C21H32ClN3O2. The first kappa shape index (κ1) is 21.7. The third-order valence-electron chi connectivity index (χ3n) is 4.88. The highest BCUT2D eigenvalue weighted by atomic mass is 35.5. The van der Waals surface area contributed by atoms with Crippen LogP contribution in [0.25, 0.3) is 0 Å². The van der Waals surface area contributed by atoms with Crippen molar-refractivity contribution in [2.75, 3.05) is 25.0 Å². The van der Waals surface area contributed by atoms with E-state index in [2.05, 4.69) is 29.4 Å². The Labute approximate surface area is 167 Å². The van der Waals surface area contributed by atoms with Crippen molar-refractivity contribution < 1.29 is 9.59 Å². The summed E-state index contributed by atoms with van der Waals surface area (Å²) in [5.41, 5.74) is 1.02. The molecule has 0 aromatic heterocycles. The lowest BCUT2D eigenvalue weighted by molar-refractivity contribution is -0.117. The van der Waals surface area contributed by atoms with Crippen molar-refractivity contribution in [1.82, 2.24) is 10.2 Å². The van der Waals surface area contributed by atoms with Crippen molar-refractivity contribution in [2.45, 2.75) is 64.8 Å². The number of anilines is 1. The molecule has 1 aromatic carbocycles. The Bertz CT molecular complexity index is 624. The van der Waals surface area contributed by atoms with E-state index >= 15 is 0 Å². The molecule has 2 N–H and O–H groups in total. The van der Waals surface area contributed by atoms with Gasteiger partial charge in [-0.15, -0.1) is 0 Å². The number of halogens is 1. The Kier molecular flexibility index (Phi) is 9.08. The number of hydrogen-bond donors (Lipinski definition) is 2. The Hall–Kier alpha value is -1.59. The second-order valence-corrected chi connectivity index (χ2v) is 7.73. The van der Waals surface area contributed by atoms with Crippen LogP contribution < -0.4 is 10.6 Å². The zero-order valence-corrected chi connectivity index (χ0v) is 17.3. The molecule has 0 aliphatic heterocycles. The van der Waals surface area contributed by atoms with Crippen LogP contribution in [0, 0.1) is 0 Å². The average Bonchev–Trinajstić information content (AvgIpc) is 2.64. The Morgan fingerprint density at radius 1 is 1.11 bits per heavy atom. The Morgan fingerprint density at radius 2 is 1.78 bits per heavy atom. The lowest BCUT2D eigenvalue weighted by Gasteiger charge is -2.23. The Balaban J connectivity index is 1.98. The van der Waals surface area contributed by atoms with Crippen LogP contribution >= 0.6 is 11.6 Å². The topological polar surface area (TPSA) is 61.4 Å². The molecule has 0 unspecified atom stereocenters. The van der Waals surface area contributed by atoms with Gasteiger partial charge in [0.1, 0.15) is 0 Å². The van der Waals surface area contributed by atoms with Crippen molar-refractivity contribution in [1.29, 1.82) is 0 Å². The molecule has 2 rings (SSSR count). The van der Waals surface area contributed by atoms with Crippen LogP contribution in [-0.2, 0) is 4.79 Å². The maximum Gasteiger partial charge on any atom is 0.253 e. The second kappa shape index (κ2) is 11.3. The number of amides is 2. The van der Waals surface area contributed by atoms with Gasteiger partial charge in [0, 0.05) is 11.7 Å². The molecular weight excluding hydrogens is 362 g/mol. The first-order chi connectivity index (χ1) is 13.0. The van der Waals surface area contributed by atoms with Crippen molar-refractivity contribution in [3.05, 3.63) is 28.8 Å². The lowest BCUT2D eigenvalue weighted by atomic mass is 9.95. The van der Waals surface area contributed by atoms with Gasteiger partial charge in [-0.25, -0.2) is 0 Å². The van der Waals surface area contributed by atoms with Gasteiger partial charge in [-0.2, -0.15) is 0 Å². The third-order valence-corrected chi connectivity index (χ3v) is 5.21. The molecule has 1 fully saturated rings. The summed E-state index contributed by atoms with van der Waals surface area (Å²) in [4.78, 5) is 27.1. The SMILES string of the molecule is CCCN(CCC)CC(=O)Nc1ccc(Cl)c(C(=O)NC2CCCCC2)c1. The number of carbonyl (C=O) groups is 2. The molecule has 1 aliphatic carbocycles. The predicted octanol–water partition coefficient (Wildman–Crippen LogP) is 4.46. The smallest absolute Gasteiger partial charge is 0.253 e. The minimum Gasteiger partial charge on any atom is -0.349 e. The summed E-state index contributed by atoms with van der Waals surface area (Å²) in [5.74, 6) is -0.237. The van der Waals surface area contributed by atoms with E-state index in [4.69, 9.17) is 11.6 Å². The van der Waals surface area contributed by atoms with Crippen LogP contribution in [0.1, 0.15) is 69.2 Å². The zero-order valence-electron chi connectivity index (χ0n) is 16.5. The van der Waals surface area contributed by atoms with Crippen LogP contribution in [0.5, 0.6) is 0 Å². The van der Waals surface area contributed by atoms with Gasteiger partial charge in [0.15, 0.2) is 0 Å². The van der Waals surface area contributed by atoms with Crippen LogP contribution in [0.4, 0.5) is 5.69 Å². The van der Waals surface area contributed by atoms with E-state index in [9.17, 15) is 9.59 Å². The van der Waals surface area contributed by atoms with Gasteiger partial charge in [0.2, 0.25) is 5.91 Å². The van der Waals surface area contributed by atoms with Gasteiger partial charge in [-0.05, 0) is 57.0 Å². The molecule has 1 aromatic rings. The summed E-state index contributed by atoms with van der Waals surface area (Å²) < 4.78 is 0. The molecule has 0 atom stereocenters. The van der Waals surface area contributed by atoms with Crippen LogP contribution in [0.15, 0.2) is 18.2 Å². The first-order valence-electron chi connectivity index (χ1n) is 10.2. The molecule has 0 bridgehead atoms. The number of benzene rings is 1. The molecule has 1 saturated carbocycles. The fraction of sp³-hybridized carbons (Fsp3) is 0.619. The van der Waals surface area contributed by atoms with E-state index in [0.717, 1.165) is 51.6 Å². The molecule has 0 saturated heterocycles. The third kappa shape index (κ3) is 7.15. The summed E-state index contributed by atoms with van der Waals surface area (Å²) in [5, 5.41) is 6.38. The minimum atomic E-state index is -0.165. The monoisotopic (exact) mass is 393 g/mol. The van der Waals surface area contributed by atoms with Crippen molar-refractivity contribution in [3.63, 3.8) is 0 Å². The van der Waals surface area contributed by atoms with Gasteiger partial charge < -0.3 is 10.6 Å². The largest absolute Gasteiger partial charge is 0.349 e. The maximum absolute atomic E-state index is 12.6. The quantitative estimate of drug-likeness (QED) is 0.650. The molecule has 150 valence electrons. The Morgan fingerprint density at radius 3 is 2.41 bits per heavy atom. The van der Waals surface area contributed by atoms with E-state index in [1.165, 1.54) is 6.42 Å². The number of nitrogens with zero attached hydrogens (tertiary/aromatic N) is 1. The maximum atomic E-state index is 12.6. The zero-order chi connectivity index (χ0) is 19.6. The van der Waals surface area contributed by atoms with Gasteiger partial charge in [-0.3, -0.25) is 14.5 Å². The highest BCUT2D eigenvalue weighted by molar-refractivity contribution is 6.34. The van der Waals surface area contributed by atoms with E-state index < -0.39 is 0 Å². The van der Waals surface area contributed by atoms with Crippen LogP contribution in [0.2, 0.25) is 5.02 Å². The van der Waals surface area contributed by atoms with Gasteiger partial charge in [0.25, 0.3) is 5.91 Å². The summed E-state index contributed by atoms with van der Waals surface area (Å²) in [7, 11) is 0. The highest BCUT2D eigenvalue weighted by Gasteiger charge is 2.19. The summed E-state index contributed by atoms with van der Waals surface area (Å²) in [6.07, 6.45) is 7.61. The molecule has 27 heavy (non-hydrogen) atoms. The van der Waals surface area contributed by atoms with E-state index in [0.29, 0.717) is 22.8 Å². The normalized spacial score (nSPS) is 15.0. The fourth-order valence-corrected chi connectivity index (χ4v) is 3.80. The van der Waals surface area contributed by atoms with Gasteiger partial charge >= 0.3 is 0 Å². The summed E-state index contributed by atoms with van der Waals surface area (Å²) in [6, 6.07) is 5.30. The number of rotatable bonds is 9. The molecule has 2 amide bonds. The lowest BCUT2D eigenvalue weighted by Crippen LogP contribution is -2.36. The molecule has 0 radical (unpaired) electrons. The second-order valence-electron chi connectivity index (χ2n) is 7.33. The summed E-state index contributed by atoms with van der Waals surface area (Å²) >= 11 is 6.23. The van der Waals surface area contributed by atoms with Crippen molar-refractivity contribution >= 4 is 29.1 Å². The molecule has 0 heterocycles. The van der Waals surface area contributed by atoms with Gasteiger partial charge in [0.05, 0.1) is 17.1 Å². The van der Waals surface area contributed by atoms with E-state index in [1.807, 2.05) is 0 Å². The molecule has 1 aliphatic rings. The van der Waals surface area contributed by atoms with Crippen LogP contribution in [-0.4, -0.2) is 42.4 Å². The summed E-state index contributed by atoms with van der Waals surface area (Å²) in [6.45, 7) is 6.37. The van der Waals surface area contributed by atoms with E-state index in [1.54, 1.807) is 18.2 Å². The average molecular weight is 394 g/mol. The van der Waals surface area contributed by atoms with E-state index in [-0.39, 0.29) is 17.9 Å². The predicted molar refractivity (Wildman–Crippen MR) is 111 cm³/mol. The van der Waals surface area contributed by atoms with Crippen molar-refractivity contribution in [3.8, 4) is 0 Å². The highest BCUT2D eigenvalue weighted by Crippen LogP contribution is 2.23. The first-order valence-corrected chi connectivity index (χ1v) is 10.5. The molecule has 0 spiro atoms. The van der Waals surface area contributed by atoms with Gasteiger partial charge in [-0.1, -0.05) is 44.7 Å². The fourth-order valence-electron chi connectivity index (χ4n) is 3.59.